The van der Waals surface area contributed by atoms with Crippen molar-refractivity contribution in [2.24, 2.45) is 5.73 Å². The smallest absolute Gasteiger partial charge is 0.251 e. The number of carbonyl (C=O) groups is 1. The Labute approximate surface area is 121 Å². The third kappa shape index (κ3) is 2.42. The van der Waals surface area contributed by atoms with E-state index in [9.17, 15) is 14.3 Å². The number of phenolic OH excluding ortho intramolecular Hbond substituents is 1. The molecule has 0 spiro atoms. The lowest BCUT2D eigenvalue weighted by Crippen LogP contribution is -2.14. The van der Waals surface area contributed by atoms with Crippen LogP contribution in [0.15, 0.2) is 36.4 Å². The molecule has 0 heterocycles. The zero-order chi connectivity index (χ0) is 15.0. The van der Waals surface area contributed by atoms with Gasteiger partial charge in [-0.1, -0.05) is 12.1 Å². The number of fused-ring (bicyclic) bond motifs is 1. The minimum absolute atomic E-state index is 0.0262. The van der Waals surface area contributed by atoms with Gasteiger partial charge in [0.05, 0.1) is 11.6 Å². The maximum Gasteiger partial charge on any atom is 0.251 e. The minimum atomic E-state index is -0.791. The molecule has 1 amide bonds. The van der Waals surface area contributed by atoms with E-state index in [1.165, 1.54) is 12.1 Å². The van der Waals surface area contributed by atoms with Crippen molar-refractivity contribution >= 4 is 11.6 Å². The van der Waals surface area contributed by atoms with Crippen LogP contribution in [0.3, 0.4) is 0 Å². The van der Waals surface area contributed by atoms with Crippen LogP contribution in [0.2, 0.25) is 0 Å². The van der Waals surface area contributed by atoms with E-state index in [-0.39, 0.29) is 11.6 Å². The fourth-order valence-corrected chi connectivity index (χ4v) is 2.79. The maximum atomic E-state index is 13.5. The maximum absolute atomic E-state index is 13.5. The Kier molecular flexibility index (Phi) is 3.25. The summed E-state index contributed by atoms with van der Waals surface area (Å²) in [5, 5.41) is 13.1. The topological polar surface area (TPSA) is 75.4 Å². The normalized spacial score (nSPS) is 16.5. The Balaban J connectivity index is 1.88. The fraction of sp³-hybridized carbons (Fsp3) is 0.188. The van der Waals surface area contributed by atoms with Crippen molar-refractivity contribution in [1.82, 2.24) is 0 Å². The number of benzene rings is 2. The fourth-order valence-electron chi connectivity index (χ4n) is 2.79. The summed E-state index contributed by atoms with van der Waals surface area (Å²) in [6, 6.07) is 9.66. The Morgan fingerprint density at radius 3 is 2.90 bits per heavy atom. The SMILES string of the molecule is NC(=O)c1cc(NC2CCc3c(O)cccc32)ccc1F. The van der Waals surface area contributed by atoms with Crippen LogP contribution in [0.1, 0.15) is 33.9 Å². The number of anilines is 1. The molecule has 0 radical (unpaired) electrons. The third-order valence-corrected chi connectivity index (χ3v) is 3.82. The van der Waals surface area contributed by atoms with Crippen LogP contribution >= 0.6 is 0 Å². The monoisotopic (exact) mass is 286 g/mol. The Bertz CT molecular complexity index is 715. The molecular weight excluding hydrogens is 271 g/mol. The van der Waals surface area contributed by atoms with Crippen LogP contribution in [0, 0.1) is 5.82 Å². The number of hydrogen-bond acceptors (Lipinski definition) is 3. The Morgan fingerprint density at radius 2 is 2.14 bits per heavy atom. The molecule has 1 aliphatic rings. The molecule has 108 valence electrons. The molecule has 3 rings (SSSR count). The van der Waals surface area contributed by atoms with Gasteiger partial charge in [0.1, 0.15) is 11.6 Å². The van der Waals surface area contributed by atoms with E-state index < -0.39 is 11.7 Å². The molecule has 0 fully saturated rings. The summed E-state index contributed by atoms with van der Waals surface area (Å²) in [6.45, 7) is 0. The first kappa shape index (κ1) is 13.4. The summed E-state index contributed by atoms with van der Waals surface area (Å²) in [7, 11) is 0. The molecule has 1 aliphatic carbocycles. The van der Waals surface area contributed by atoms with E-state index in [1.807, 2.05) is 6.07 Å². The van der Waals surface area contributed by atoms with Gasteiger partial charge in [-0.25, -0.2) is 4.39 Å². The van der Waals surface area contributed by atoms with Gasteiger partial charge in [-0.3, -0.25) is 4.79 Å². The van der Waals surface area contributed by atoms with Crippen molar-refractivity contribution in [3.63, 3.8) is 0 Å². The number of amides is 1. The van der Waals surface area contributed by atoms with E-state index in [4.69, 9.17) is 5.73 Å². The van der Waals surface area contributed by atoms with E-state index in [0.29, 0.717) is 11.4 Å². The van der Waals surface area contributed by atoms with Crippen molar-refractivity contribution < 1.29 is 14.3 Å². The molecule has 21 heavy (non-hydrogen) atoms. The second-order valence-corrected chi connectivity index (χ2v) is 5.14. The zero-order valence-corrected chi connectivity index (χ0v) is 11.3. The van der Waals surface area contributed by atoms with Crippen LogP contribution in [0.5, 0.6) is 5.75 Å². The molecule has 0 bridgehead atoms. The van der Waals surface area contributed by atoms with Gasteiger partial charge in [-0.2, -0.15) is 0 Å². The number of carbonyl (C=O) groups excluding carboxylic acids is 1. The first-order valence-electron chi connectivity index (χ1n) is 6.73. The van der Waals surface area contributed by atoms with E-state index in [1.54, 1.807) is 18.2 Å². The van der Waals surface area contributed by atoms with Gasteiger partial charge in [0.25, 0.3) is 5.91 Å². The second-order valence-electron chi connectivity index (χ2n) is 5.14. The predicted octanol–water partition coefficient (Wildman–Crippen LogP) is 2.73. The van der Waals surface area contributed by atoms with E-state index in [2.05, 4.69) is 5.32 Å². The Morgan fingerprint density at radius 1 is 1.33 bits per heavy atom. The number of nitrogens with one attached hydrogen (secondary N) is 1. The van der Waals surface area contributed by atoms with Gasteiger partial charge in [-0.05, 0) is 48.2 Å². The standard InChI is InChI=1S/C16H15FN2O2/c17-13-6-4-9(8-12(13)16(18)21)19-14-7-5-11-10(14)2-1-3-15(11)20/h1-4,6,8,14,19-20H,5,7H2,(H2,18,21). The number of phenols is 1. The molecule has 0 saturated heterocycles. The van der Waals surface area contributed by atoms with Gasteiger partial charge < -0.3 is 16.2 Å². The largest absolute Gasteiger partial charge is 0.508 e. The summed E-state index contributed by atoms with van der Waals surface area (Å²) in [4.78, 5) is 11.2. The summed E-state index contributed by atoms with van der Waals surface area (Å²) in [5.41, 5.74) is 7.61. The lowest BCUT2D eigenvalue weighted by atomic mass is 10.1. The van der Waals surface area contributed by atoms with E-state index in [0.717, 1.165) is 24.0 Å². The molecule has 1 unspecified atom stereocenters. The minimum Gasteiger partial charge on any atom is -0.508 e. The molecule has 4 nitrogen and oxygen atoms in total. The summed E-state index contributed by atoms with van der Waals surface area (Å²) < 4.78 is 13.5. The summed E-state index contributed by atoms with van der Waals surface area (Å²) >= 11 is 0. The molecular formula is C16H15FN2O2. The quantitative estimate of drug-likeness (QED) is 0.812. The lowest BCUT2D eigenvalue weighted by molar-refractivity contribution is 0.0996. The third-order valence-electron chi connectivity index (χ3n) is 3.82. The highest BCUT2D eigenvalue weighted by Crippen LogP contribution is 2.38. The second kappa shape index (κ2) is 5.09. The predicted molar refractivity (Wildman–Crippen MR) is 77.7 cm³/mol. The van der Waals surface area contributed by atoms with Gasteiger partial charge in [0.2, 0.25) is 0 Å². The van der Waals surface area contributed by atoms with Crippen molar-refractivity contribution in [3.05, 3.63) is 58.9 Å². The highest BCUT2D eigenvalue weighted by atomic mass is 19.1. The number of halogens is 1. The first-order valence-corrected chi connectivity index (χ1v) is 6.73. The Hall–Kier alpha value is -2.56. The van der Waals surface area contributed by atoms with Gasteiger partial charge in [-0.15, -0.1) is 0 Å². The number of rotatable bonds is 3. The molecule has 2 aromatic rings. The van der Waals surface area contributed by atoms with Crippen molar-refractivity contribution in [2.45, 2.75) is 18.9 Å². The van der Waals surface area contributed by atoms with Crippen LogP contribution in [0.25, 0.3) is 0 Å². The van der Waals surface area contributed by atoms with Crippen LogP contribution in [-0.2, 0) is 6.42 Å². The molecule has 4 N–H and O–H groups in total. The van der Waals surface area contributed by atoms with Crippen LogP contribution in [-0.4, -0.2) is 11.0 Å². The molecule has 5 heteroatoms. The van der Waals surface area contributed by atoms with Crippen LogP contribution in [0.4, 0.5) is 10.1 Å². The first-order chi connectivity index (χ1) is 10.1. The lowest BCUT2D eigenvalue weighted by Gasteiger charge is -2.16. The van der Waals surface area contributed by atoms with Crippen molar-refractivity contribution in [3.8, 4) is 5.75 Å². The van der Waals surface area contributed by atoms with Gasteiger partial charge in [0, 0.05) is 5.69 Å². The molecule has 0 aliphatic heterocycles. The molecule has 1 atom stereocenters. The van der Waals surface area contributed by atoms with Crippen molar-refractivity contribution in [1.29, 1.82) is 0 Å². The average Bonchev–Trinajstić information content (AvgIpc) is 2.85. The van der Waals surface area contributed by atoms with Gasteiger partial charge in [0.15, 0.2) is 0 Å². The molecule has 0 aromatic heterocycles. The molecule has 2 aromatic carbocycles. The number of primary amides is 1. The summed E-state index contributed by atoms with van der Waals surface area (Å²) in [5.74, 6) is -1.12. The highest BCUT2D eigenvalue weighted by molar-refractivity contribution is 5.94. The number of nitrogens with two attached hydrogens (primary N) is 1. The van der Waals surface area contributed by atoms with Gasteiger partial charge >= 0.3 is 0 Å². The van der Waals surface area contributed by atoms with E-state index >= 15 is 0 Å². The zero-order valence-electron chi connectivity index (χ0n) is 11.3. The van der Waals surface area contributed by atoms with Crippen molar-refractivity contribution in [2.75, 3.05) is 5.32 Å². The molecule has 0 saturated carbocycles. The van der Waals surface area contributed by atoms with Crippen LogP contribution < -0.4 is 11.1 Å². The average molecular weight is 286 g/mol. The highest BCUT2D eigenvalue weighted by Gasteiger charge is 2.24. The number of aromatic hydroxyl groups is 1. The summed E-state index contributed by atoms with van der Waals surface area (Å²) in [6.07, 6.45) is 1.61. The number of hydrogen-bond donors (Lipinski definition) is 3.